The second-order valence-electron chi connectivity index (χ2n) is 12.7. The van der Waals surface area contributed by atoms with Crippen molar-refractivity contribution in [3.63, 3.8) is 0 Å². The fourth-order valence-electron chi connectivity index (χ4n) is 5.93. The van der Waals surface area contributed by atoms with E-state index in [0.29, 0.717) is 60.1 Å². The highest BCUT2D eigenvalue weighted by atomic mass is 35.5. The van der Waals surface area contributed by atoms with Gasteiger partial charge in [-0.15, -0.1) is 0 Å². The van der Waals surface area contributed by atoms with Gasteiger partial charge in [0.05, 0.1) is 51.5 Å². The number of hydrogen-bond donors (Lipinski definition) is 1. The molecule has 2 atom stereocenters. The molecule has 14 nitrogen and oxygen atoms in total. The first-order valence-corrected chi connectivity index (χ1v) is 19.6. The highest BCUT2D eigenvalue weighted by molar-refractivity contribution is 7.89. The quantitative estimate of drug-likeness (QED) is 0.153. The molecule has 2 aromatic rings. The number of aliphatic imine (C=N–C) groups is 1. The number of piperazine rings is 1. The largest absolute Gasteiger partial charge is 0.495 e. The number of sulfonamides is 1. The summed E-state index contributed by atoms with van der Waals surface area (Å²) in [5.74, 6) is 0.0912. The van der Waals surface area contributed by atoms with Crippen molar-refractivity contribution in [3.8, 4) is 17.6 Å². The molecule has 1 aliphatic heterocycles. The van der Waals surface area contributed by atoms with Gasteiger partial charge < -0.3 is 19.3 Å². The van der Waals surface area contributed by atoms with Crippen LogP contribution >= 0.6 is 23.2 Å². The number of halogens is 2. The highest BCUT2D eigenvalue weighted by Gasteiger charge is 2.31. The summed E-state index contributed by atoms with van der Waals surface area (Å²) in [6, 6.07) is 11.4. The zero-order valence-electron chi connectivity index (χ0n) is 31.1. The van der Waals surface area contributed by atoms with Crippen LogP contribution in [-0.2, 0) is 26.1 Å². The van der Waals surface area contributed by atoms with Crippen LogP contribution < -0.4 is 14.8 Å². The average molecular weight is 805 g/mol. The number of methoxy groups -OCH3 is 1. The molecule has 1 aliphatic carbocycles. The lowest BCUT2D eigenvalue weighted by molar-refractivity contribution is -0.131. The van der Waals surface area contributed by atoms with Crippen LogP contribution in [0.3, 0.4) is 0 Å². The molecule has 2 aliphatic rings. The van der Waals surface area contributed by atoms with Crippen molar-refractivity contribution >= 4 is 51.0 Å². The molecule has 1 heterocycles. The molecule has 1 unspecified atom stereocenters. The molecule has 0 saturated carbocycles. The Kier molecular flexibility index (Phi) is 15.7. The molecule has 0 spiro atoms. The topological polar surface area (TPSA) is 157 Å². The number of amides is 3. The van der Waals surface area contributed by atoms with Crippen LogP contribution in [-0.4, -0.2) is 126 Å². The molecule has 0 aromatic heterocycles. The van der Waals surface area contributed by atoms with Crippen molar-refractivity contribution in [2.75, 3.05) is 74.2 Å². The van der Waals surface area contributed by atoms with Gasteiger partial charge in [0.25, 0.3) is 10.0 Å². The minimum atomic E-state index is -4.25. The number of rotatable bonds is 15. The number of hydroxylamine groups is 1. The molecule has 2 aromatic carbocycles. The van der Waals surface area contributed by atoms with Crippen molar-refractivity contribution in [1.29, 1.82) is 5.26 Å². The molecule has 1 fully saturated rings. The Bertz CT molecular complexity index is 1880. The number of benzene rings is 2. The van der Waals surface area contributed by atoms with Crippen LogP contribution in [0.2, 0.25) is 5.02 Å². The highest BCUT2D eigenvalue weighted by Crippen LogP contribution is 2.35. The SMILES string of the molecule is CCOc1cc(OC)c(S(=O)(=O)N(C)OC)cc1C(=N[C@H](Cc1ccc(Cl)cc1)C1C=CC(Cl)=CC1)NC(=O)N1CCN(CC(=O)N(C)CCC#N)CC1. The van der Waals surface area contributed by atoms with Crippen LogP contribution in [0.4, 0.5) is 4.79 Å². The maximum atomic E-state index is 14.1. The minimum Gasteiger partial charge on any atom is -0.495 e. The molecule has 1 saturated heterocycles. The summed E-state index contributed by atoms with van der Waals surface area (Å²) < 4.78 is 39.6. The van der Waals surface area contributed by atoms with Crippen molar-refractivity contribution in [2.24, 2.45) is 10.9 Å². The van der Waals surface area contributed by atoms with Gasteiger partial charge in [0, 0.05) is 68.9 Å². The van der Waals surface area contributed by atoms with Crippen LogP contribution in [0, 0.1) is 17.2 Å². The number of allylic oxidation sites excluding steroid dienone is 3. The number of ether oxygens (including phenoxy) is 2. The molecule has 0 bridgehead atoms. The van der Waals surface area contributed by atoms with Gasteiger partial charge in [0.1, 0.15) is 22.2 Å². The number of nitrogens with one attached hydrogen (secondary N) is 1. The van der Waals surface area contributed by atoms with E-state index in [9.17, 15) is 18.0 Å². The first-order valence-electron chi connectivity index (χ1n) is 17.4. The normalized spacial score (nSPS) is 17.1. The third kappa shape index (κ3) is 11.2. The van der Waals surface area contributed by atoms with Crippen molar-refractivity contribution < 1.29 is 32.3 Å². The fraction of sp³-hybridized carbons (Fsp3) is 0.459. The lowest BCUT2D eigenvalue weighted by Crippen LogP contribution is -2.54. The lowest BCUT2D eigenvalue weighted by atomic mass is 9.88. The van der Waals surface area contributed by atoms with Gasteiger partial charge in [-0.25, -0.2) is 13.2 Å². The number of amidine groups is 1. The van der Waals surface area contributed by atoms with E-state index < -0.39 is 22.1 Å². The molecule has 0 radical (unpaired) electrons. The van der Waals surface area contributed by atoms with E-state index in [4.69, 9.17) is 47.8 Å². The number of carbonyl (C=O) groups excluding carboxylic acids is 2. The molecule has 3 amide bonds. The predicted octanol–water partition coefficient (Wildman–Crippen LogP) is 4.69. The van der Waals surface area contributed by atoms with Crippen LogP contribution in [0.5, 0.6) is 11.5 Å². The van der Waals surface area contributed by atoms with E-state index in [0.717, 1.165) is 5.56 Å². The molecule has 17 heteroatoms. The predicted molar refractivity (Wildman–Crippen MR) is 207 cm³/mol. The number of likely N-dealkylation sites (N-methyl/N-ethyl adjacent to an activating group) is 1. The van der Waals surface area contributed by atoms with E-state index in [1.54, 1.807) is 31.0 Å². The van der Waals surface area contributed by atoms with Crippen molar-refractivity contribution in [3.05, 3.63) is 75.8 Å². The molecular weight excluding hydrogens is 757 g/mol. The van der Waals surface area contributed by atoms with E-state index in [1.807, 2.05) is 41.3 Å². The monoisotopic (exact) mass is 803 g/mol. The maximum Gasteiger partial charge on any atom is 0.323 e. The molecular formula is C37H47Cl2N7O7S. The van der Waals surface area contributed by atoms with E-state index >= 15 is 0 Å². The Balaban J connectivity index is 1.77. The summed E-state index contributed by atoms with van der Waals surface area (Å²) >= 11 is 12.5. The second kappa shape index (κ2) is 19.9. The third-order valence-corrected chi connectivity index (χ3v) is 11.4. The average Bonchev–Trinajstić information content (AvgIpc) is 3.17. The maximum absolute atomic E-state index is 14.1. The van der Waals surface area contributed by atoms with E-state index in [2.05, 4.69) is 5.32 Å². The number of nitrogens with zero attached hydrogens (tertiary/aromatic N) is 6. The van der Waals surface area contributed by atoms with Gasteiger partial charge in [0.15, 0.2) is 0 Å². The van der Waals surface area contributed by atoms with Crippen molar-refractivity contribution in [1.82, 2.24) is 24.5 Å². The first kappa shape index (κ1) is 42.6. The Hall–Kier alpha value is -4.17. The summed E-state index contributed by atoms with van der Waals surface area (Å²) in [7, 11) is 1.25. The van der Waals surface area contributed by atoms with Gasteiger partial charge in [-0.3, -0.25) is 24.8 Å². The molecule has 54 heavy (non-hydrogen) atoms. The zero-order chi connectivity index (χ0) is 39.4. The molecule has 4 rings (SSSR count). The molecule has 292 valence electrons. The summed E-state index contributed by atoms with van der Waals surface area (Å²) in [5.41, 5.74) is 1.16. The summed E-state index contributed by atoms with van der Waals surface area (Å²) in [6.07, 6.45) is 6.97. The van der Waals surface area contributed by atoms with Gasteiger partial charge >= 0.3 is 6.03 Å². The van der Waals surface area contributed by atoms with Gasteiger partial charge in [0.2, 0.25) is 5.91 Å². The number of hydrogen-bond acceptors (Lipinski definition) is 10. The fourth-order valence-corrected chi connectivity index (χ4v) is 7.35. The Morgan fingerprint density at radius 3 is 2.39 bits per heavy atom. The van der Waals surface area contributed by atoms with E-state index in [1.165, 1.54) is 38.3 Å². The number of urea groups is 1. The van der Waals surface area contributed by atoms with Crippen LogP contribution in [0.25, 0.3) is 0 Å². The standard InChI is InChI=1S/C37H47Cl2N7O7S/c1-6-53-32-24-33(51-4)34(54(49,50)44(3)52-5)23-30(32)36(41-31(27-10-14-29(39)15-11-27)22-26-8-12-28(38)13-9-26)42-37(48)46-20-18-45(19-21-46)25-35(47)43(2)17-7-16-40/h8-10,12-15,23-24,27,31H,6-7,11,17-22,25H2,1-5H3,(H,41,42,48)/t27?,31-/m1/s1. The Morgan fingerprint density at radius 1 is 1.09 bits per heavy atom. The molecule has 1 N–H and O–H groups in total. The minimum absolute atomic E-state index is 0.00780. The lowest BCUT2D eigenvalue weighted by Gasteiger charge is -2.35. The zero-order valence-corrected chi connectivity index (χ0v) is 33.5. The van der Waals surface area contributed by atoms with Crippen LogP contribution in [0.1, 0.15) is 30.9 Å². The summed E-state index contributed by atoms with van der Waals surface area (Å²) in [6.45, 7) is 4.03. The first-order chi connectivity index (χ1) is 25.8. The third-order valence-electron chi connectivity index (χ3n) is 9.16. The van der Waals surface area contributed by atoms with Crippen molar-refractivity contribution in [2.45, 2.75) is 37.1 Å². The Labute approximate surface area is 327 Å². The summed E-state index contributed by atoms with van der Waals surface area (Å²) in [4.78, 5) is 41.9. The number of nitriles is 1. The second-order valence-corrected chi connectivity index (χ2v) is 15.4. The Morgan fingerprint density at radius 2 is 1.80 bits per heavy atom. The van der Waals surface area contributed by atoms with Gasteiger partial charge in [-0.05, 0) is 49.6 Å². The van der Waals surface area contributed by atoms with E-state index in [-0.39, 0.29) is 59.2 Å². The van der Waals surface area contributed by atoms with Gasteiger partial charge in [-0.2, -0.15) is 5.26 Å². The number of carbonyl (C=O) groups is 2. The summed E-state index contributed by atoms with van der Waals surface area (Å²) in [5, 5.41) is 13.1. The van der Waals surface area contributed by atoms with Gasteiger partial charge in [-0.1, -0.05) is 52.0 Å². The smallest absolute Gasteiger partial charge is 0.323 e. The van der Waals surface area contributed by atoms with Crippen LogP contribution in [0.15, 0.2) is 69.5 Å².